The molecule has 0 heterocycles. The Morgan fingerprint density at radius 1 is 1.33 bits per heavy atom. The highest BCUT2D eigenvalue weighted by Gasteiger charge is 2.29. The van der Waals surface area contributed by atoms with Crippen molar-refractivity contribution >= 4 is 11.8 Å². The van der Waals surface area contributed by atoms with Crippen LogP contribution >= 0.6 is 0 Å². The highest BCUT2D eigenvalue weighted by atomic mass is 16.5. The first-order valence-corrected chi connectivity index (χ1v) is 5.90. The van der Waals surface area contributed by atoms with Crippen LogP contribution in [0.5, 0.6) is 5.75 Å². The summed E-state index contributed by atoms with van der Waals surface area (Å²) in [4.78, 5) is 22.9. The van der Waals surface area contributed by atoms with E-state index in [0.29, 0.717) is 5.75 Å². The van der Waals surface area contributed by atoms with Crippen LogP contribution in [0, 0.1) is 5.92 Å². The van der Waals surface area contributed by atoms with Gasteiger partial charge in [-0.1, -0.05) is 12.1 Å². The van der Waals surface area contributed by atoms with Crippen molar-refractivity contribution in [3.63, 3.8) is 0 Å². The lowest BCUT2D eigenvalue weighted by atomic mass is 10.1. The molecule has 0 unspecified atom stereocenters. The molecule has 1 aliphatic rings. The number of ether oxygens (including phenoxy) is 1. The van der Waals surface area contributed by atoms with Crippen LogP contribution in [0.2, 0.25) is 0 Å². The first kappa shape index (κ1) is 12.4. The van der Waals surface area contributed by atoms with Crippen molar-refractivity contribution in [2.45, 2.75) is 19.3 Å². The van der Waals surface area contributed by atoms with Crippen molar-refractivity contribution in [3.05, 3.63) is 29.8 Å². The second-order valence-electron chi connectivity index (χ2n) is 4.34. The summed E-state index contributed by atoms with van der Waals surface area (Å²) in [5.74, 6) is 0.454. The van der Waals surface area contributed by atoms with Crippen LogP contribution in [-0.4, -0.2) is 18.9 Å². The van der Waals surface area contributed by atoms with Crippen LogP contribution in [0.4, 0.5) is 0 Å². The number of carbonyl (C=O) groups is 2. The molecule has 1 aromatic rings. The van der Waals surface area contributed by atoms with Crippen LogP contribution in [0.15, 0.2) is 24.3 Å². The monoisotopic (exact) mass is 248 g/mol. The summed E-state index contributed by atoms with van der Waals surface area (Å²) in [5.41, 5.74) is 5.67. The Bertz CT molecular complexity index is 455. The Morgan fingerprint density at radius 3 is 2.78 bits per heavy atom. The predicted molar refractivity (Wildman–Crippen MR) is 65.7 cm³/mol. The van der Waals surface area contributed by atoms with Gasteiger partial charge in [-0.3, -0.25) is 20.4 Å². The SMILES string of the molecule is COc1cccc(CC(=O)NNC(=O)C2CC2)c1. The molecule has 0 bridgehead atoms. The van der Waals surface area contributed by atoms with E-state index in [2.05, 4.69) is 10.9 Å². The minimum absolute atomic E-state index is 0.0853. The third kappa shape index (κ3) is 3.48. The van der Waals surface area contributed by atoms with Crippen molar-refractivity contribution in [1.82, 2.24) is 10.9 Å². The van der Waals surface area contributed by atoms with E-state index < -0.39 is 0 Å². The molecule has 96 valence electrons. The number of amides is 2. The molecular formula is C13H16N2O3. The second kappa shape index (κ2) is 5.53. The highest BCUT2D eigenvalue weighted by molar-refractivity contribution is 5.85. The normalized spacial score (nSPS) is 13.8. The third-order valence-electron chi connectivity index (χ3n) is 2.77. The Kier molecular flexibility index (Phi) is 3.82. The van der Waals surface area contributed by atoms with Gasteiger partial charge in [-0.05, 0) is 30.5 Å². The lowest BCUT2D eigenvalue weighted by Crippen LogP contribution is -2.43. The van der Waals surface area contributed by atoms with Gasteiger partial charge >= 0.3 is 0 Å². The first-order chi connectivity index (χ1) is 8.69. The molecular weight excluding hydrogens is 232 g/mol. The van der Waals surface area contributed by atoms with Crippen LogP contribution in [0.1, 0.15) is 18.4 Å². The second-order valence-corrected chi connectivity index (χ2v) is 4.34. The van der Waals surface area contributed by atoms with E-state index in [-0.39, 0.29) is 24.2 Å². The molecule has 2 amide bonds. The van der Waals surface area contributed by atoms with E-state index in [4.69, 9.17) is 4.74 Å². The van der Waals surface area contributed by atoms with Gasteiger partial charge in [0, 0.05) is 5.92 Å². The Labute approximate surface area is 105 Å². The zero-order valence-electron chi connectivity index (χ0n) is 10.2. The maximum atomic E-state index is 11.6. The van der Waals surface area contributed by atoms with Gasteiger partial charge in [0.05, 0.1) is 13.5 Å². The average molecular weight is 248 g/mol. The molecule has 0 saturated heterocycles. The number of nitrogens with one attached hydrogen (secondary N) is 2. The molecule has 2 rings (SSSR count). The van der Waals surface area contributed by atoms with E-state index in [1.165, 1.54) is 0 Å². The topological polar surface area (TPSA) is 67.4 Å². The Balaban J connectivity index is 1.80. The van der Waals surface area contributed by atoms with Crippen LogP contribution < -0.4 is 15.6 Å². The lowest BCUT2D eigenvalue weighted by Gasteiger charge is -2.07. The number of methoxy groups -OCH3 is 1. The van der Waals surface area contributed by atoms with E-state index in [1.807, 2.05) is 18.2 Å². The minimum Gasteiger partial charge on any atom is -0.497 e. The van der Waals surface area contributed by atoms with Gasteiger partial charge in [0.2, 0.25) is 11.8 Å². The zero-order valence-corrected chi connectivity index (χ0v) is 10.2. The summed E-state index contributed by atoms with van der Waals surface area (Å²) in [5, 5.41) is 0. The predicted octanol–water partition coefficient (Wildman–Crippen LogP) is 0.795. The summed E-state index contributed by atoms with van der Waals surface area (Å²) in [6.45, 7) is 0. The van der Waals surface area contributed by atoms with Gasteiger partial charge in [-0.15, -0.1) is 0 Å². The van der Waals surface area contributed by atoms with Crippen LogP contribution in [0.3, 0.4) is 0 Å². The lowest BCUT2D eigenvalue weighted by molar-refractivity contribution is -0.129. The van der Waals surface area contributed by atoms with Crippen LogP contribution in [-0.2, 0) is 16.0 Å². The third-order valence-corrected chi connectivity index (χ3v) is 2.77. The standard InChI is InChI=1S/C13H16N2O3/c1-18-11-4-2-3-9(7-11)8-12(16)14-15-13(17)10-5-6-10/h2-4,7,10H,5-6,8H2,1H3,(H,14,16)(H,15,17). The van der Waals surface area contributed by atoms with Crippen molar-refractivity contribution in [3.8, 4) is 5.75 Å². The Hall–Kier alpha value is -2.04. The molecule has 5 heteroatoms. The number of hydrogen-bond acceptors (Lipinski definition) is 3. The summed E-state index contributed by atoms with van der Waals surface area (Å²) in [6.07, 6.45) is 2.04. The molecule has 0 radical (unpaired) electrons. The number of rotatable bonds is 4. The van der Waals surface area contributed by atoms with Crippen molar-refractivity contribution in [1.29, 1.82) is 0 Å². The smallest absolute Gasteiger partial charge is 0.242 e. The van der Waals surface area contributed by atoms with E-state index >= 15 is 0 Å². The molecule has 0 spiro atoms. The van der Waals surface area contributed by atoms with Gasteiger partial charge in [-0.2, -0.15) is 0 Å². The van der Waals surface area contributed by atoms with E-state index in [1.54, 1.807) is 13.2 Å². The van der Waals surface area contributed by atoms with Gasteiger partial charge in [-0.25, -0.2) is 0 Å². The summed E-state index contributed by atoms with van der Waals surface area (Å²) in [6, 6.07) is 7.27. The molecule has 18 heavy (non-hydrogen) atoms. The van der Waals surface area contributed by atoms with Crippen molar-refractivity contribution in [2.75, 3.05) is 7.11 Å². The van der Waals surface area contributed by atoms with Crippen molar-refractivity contribution in [2.24, 2.45) is 5.92 Å². The number of hydrogen-bond donors (Lipinski definition) is 2. The zero-order chi connectivity index (χ0) is 13.0. The minimum atomic E-state index is -0.239. The first-order valence-electron chi connectivity index (χ1n) is 5.90. The fourth-order valence-electron chi connectivity index (χ4n) is 1.59. The molecule has 1 aromatic carbocycles. The summed E-state index contributed by atoms with van der Waals surface area (Å²) < 4.78 is 5.07. The molecule has 5 nitrogen and oxygen atoms in total. The van der Waals surface area contributed by atoms with Crippen LogP contribution in [0.25, 0.3) is 0 Å². The quantitative estimate of drug-likeness (QED) is 0.774. The molecule has 1 saturated carbocycles. The highest BCUT2D eigenvalue weighted by Crippen LogP contribution is 2.28. The molecule has 0 aromatic heterocycles. The molecule has 0 aliphatic heterocycles. The number of benzene rings is 1. The van der Waals surface area contributed by atoms with Gasteiger partial charge in [0.1, 0.15) is 5.75 Å². The van der Waals surface area contributed by atoms with Crippen molar-refractivity contribution < 1.29 is 14.3 Å². The molecule has 1 fully saturated rings. The Morgan fingerprint density at radius 2 is 2.11 bits per heavy atom. The fraction of sp³-hybridized carbons (Fsp3) is 0.385. The molecule has 0 atom stereocenters. The van der Waals surface area contributed by atoms with Gasteiger partial charge in [0.25, 0.3) is 0 Å². The maximum Gasteiger partial charge on any atom is 0.242 e. The summed E-state index contributed by atoms with van der Waals surface area (Å²) in [7, 11) is 1.58. The number of carbonyl (C=O) groups excluding carboxylic acids is 2. The van der Waals surface area contributed by atoms with E-state index in [9.17, 15) is 9.59 Å². The van der Waals surface area contributed by atoms with E-state index in [0.717, 1.165) is 18.4 Å². The molecule has 2 N–H and O–H groups in total. The summed E-state index contributed by atoms with van der Waals surface area (Å²) >= 11 is 0. The van der Waals surface area contributed by atoms with Gasteiger partial charge in [0.15, 0.2) is 0 Å². The average Bonchev–Trinajstić information content (AvgIpc) is 3.20. The van der Waals surface area contributed by atoms with Gasteiger partial charge < -0.3 is 4.74 Å². The molecule has 1 aliphatic carbocycles. The number of hydrazine groups is 1. The largest absolute Gasteiger partial charge is 0.497 e. The fourth-order valence-corrected chi connectivity index (χ4v) is 1.59. The maximum absolute atomic E-state index is 11.6.